The van der Waals surface area contributed by atoms with Gasteiger partial charge in [-0.2, -0.15) is 0 Å². The number of allylic oxidation sites excluding steroid dienone is 3. The molecule has 5 N–H and O–H groups in total. The van der Waals surface area contributed by atoms with Crippen molar-refractivity contribution in [1.82, 2.24) is 0 Å². The van der Waals surface area contributed by atoms with Gasteiger partial charge in [-0.05, 0) is 20.3 Å². The Bertz CT molecular complexity index is 1000. The molecule has 9 nitrogen and oxygen atoms in total. The van der Waals surface area contributed by atoms with Crippen LogP contribution >= 0.6 is 0 Å². The minimum Gasteiger partial charge on any atom is -0.462 e. The van der Waals surface area contributed by atoms with Crippen molar-refractivity contribution in [3.05, 3.63) is 48.6 Å². The van der Waals surface area contributed by atoms with Gasteiger partial charge in [-0.3, -0.25) is 9.59 Å². The molecule has 1 fully saturated rings. The molecule has 238 valence electrons. The van der Waals surface area contributed by atoms with Gasteiger partial charge >= 0.3 is 12.1 Å². The number of aliphatic hydroxyl groups excluding tert-OH is 3. The maximum Gasteiger partial charge on any atom is 0.404 e. The molecule has 42 heavy (non-hydrogen) atoms. The number of esters is 1. The van der Waals surface area contributed by atoms with Gasteiger partial charge in [0, 0.05) is 36.0 Å². The highest BCUT2D eigenvalue weighted by atomic mass is 16.6. The Morgan fingerprint density at radius 1 is 1.05 bits per heavy atom. The number of ketones is 1. The first-order chi connectivity index (χ1) is 19.5. The quantitative estimate of drug-likeness (QED) is 0.116. The van der Waals surface area contributed by atoms with Crippen molar-refractivity contribution >= 4 is 17.8 Å². The van der Waals surface area contributed by atoms with Gasteiger partial charge in [0.05, 0.1) is 30.1 Å². The van der Waals surface area contributed by atoms with Gasteiger partial charge in [-0.1, -0.05) is 90.2 Å². The number of primary amides is 1. The highest BCUT2D eigenvalue weighted by molar-refractivity contribution is 5.84. The van der Waals surface area contributed by atoms with E-state index >= 15 is 0 Å². The van der Waals surface area contributed by atoms with Gasteiger partial charge in [0.1, 0.15) is 18.0 Å². The molecular formula is C33H53NO8. The fourth-order valence-corrected chi connectivity index (χ4v) is 5.63. The molecule has 0 radical (unpaired) electrons. The van der Waals surface area contributed by atoms with Crippen molar-refractivity contribution in [3.8, 4) is 0 Å². The van der Waals surface area contributed by atoms with E-state index in [0.717, 1.165) is 5.57 Å². The maximum absolute atomic E-state index is 13.2. The summed E-state index contributed by atoms with van der Waals surface area (Å²) in [6, 6.07) is 0. The van der Waals surface area contributed by atoms with Crippen LogP contribution in [-0.2, 0) is 19.1 Å². The predicted octanol–water partition coefficient (Wildman–Crippen LogP) is 4.51. The number of carbonyl (C=O) groups excluding carboxylic acids is 3. The standard InChI is InChI=1S/C33H53NO8/c1-10-11-12-20(4)31(42-33(34)40)24(8)29(37)22(6)16-18(2)15-21(5)28(36)19(3)13-14-26(35)17-27-23(7)30(38)25(9)32(39)41-27/h10-15,19-28,30-31,35-36,38H,1,16-17H2,2-9H3,(H2,34,40)/b12-11-,14-13-,18-15-/t19-,20-,21-,22-,23-,24-,25+,26+,27-,28-,30-,31-/m0/s1. The molecule has 12 atom stereocenters. The van der Waals surface area contributed by atoms with Gasteiger partial charge in [0.25, 0.3) is 0 Å². The van der Waals surface area contributed by atoms with Crippen LogP contribution in [0.25, 0.3) is 0 Å². The normalized spacial score (nSPS) is 27.4. The molecule has 0 unspecified atom stereocenters. The highest BCUT2D eigenvalue weighted by Gasteiger charge is 2.41. The summed E-state index contributed by atoms with van der Waals surface area (Å²) in [5, 5.41) is 31.7. The SMILES string of the molecule is C=C/C=C\[C@H](C)[C@H](OC(N)=O)[C@@H](C)C(=O)[C@@H](C)C/C(C)=C\[C@H](C)[C@@H](O)[C@@H](C)/C=C\[C@@H](O)C[C@@H]1OC(=O)[C@H](C)[C@@H](O)[C@H]1C. The summed E-state index contributed by atoms with van der Waals surface area (Å²) in [6.45, 7) is 18.1. The smallest absolute Gasteiger partial charge is 0.404 e. The molecule has 1 aliphatic rings. The average molecular weight is 592 g/mol. The van der Waals surface area contributed by atoms with E-state index in [0.29, 0.717) is 6.42 Å². The van der Waals surface area contributed by atoms with Crippen LogP contribution < -0.4 is 5.73 Å². The fraction of sp³-hybridized carbons (Fsp3) is 0.667. The largest absolute Gasteiger partial charge is 0.462 e. The summed E-state index contributed by atoms with van der Waals surface area (Å²) in [5.41, 5.74) is 6.21. The number of hydrogen-bond acceptors (Lipinski definition) is 8. The number of cyclic esters (lactones) is 1. The number of ether oxygens (including phenoxy) is 2. The first-order valence-electron chi connectivity index (χ1n) is 14.9. The van der Waals surface area contributed by atoms with Crippen molar-refractivity contribution in [2.24, 2.45) is 47.2 Å². The van der Waals surface area contributed by atoms with Gasteiger partial charge < -0.3 is 30.5 Å². The van der Waals surface area contributed by atoms with E-state index in [1.165, 1.54) is 0 Å². The average Bonchev–Trinajstić information content (AvgIpc) is 2.93. The minimum atomic E-state index is -0.929. The van der Waals surface area contributed by atoms with E-state index in [2.05, 4.69) is 6.58 Å². The molecule has 1 saturated heterocycles. The molecule has 1 rings (SSSR count). The lowest BCUT2D eigenvalue weighted by molar-refractivity contribution is -0.179. The van der Waals surface area contributed by atoms with Crippen LogP contribution in [0.3, 0.4) is 0 Å². The van der Waals surface area contributed by atoms with E-state index in [9.17, 15) is 29.7 Å². The lowest BCUT2D eigenvalue weighted by Crippen LogP contribution is -2.47. The van der Waals surface area contributed by atoms with Gasteiger partial charge in [-0.25, -0.2) is 4.79 Å². The van der Waals surface area contributed by atoms with Crippen LogP contribution in [0.1, 0.15) is 68.2 Å². The number of rotatable bonds is 16. The third-order valence-electron chi connectivity index (χ3n) is 8.39. The molecule has 0 aromatic carbocycles. The predicted molar refractivity (Wildman–Crippen MR) is 163 cm³/mol. The molecule has 0 aliphatic carbocycles. The number of aliphatic hydroxyl groups is 3. The number of hydrogen-bond donors (Lipinski definition) is 4. The number of nitrogens with two attached hydrogens (primary N) is 1. The molecule has 1 aliphatic heterocycles. The van der Waals surface area contributed by atoms with E-state index in [1.807, 2.05) is 46.8 Å². The van der Waals surface area contributed by atoms with Crippen LogP contribution in [0, 0.1) is 41.4 Å². The van der Waals surface area contributed by atoms with Gasteiger partial charge in [0.15, 0.2) is 0 Å². The topological polar surface area (TPSA) is 156 Å². The Balaban J connectivity index is 2.77. The van der Waals surface area contributed by atoms with Crippen LogP contribution in [0.2, 0.25) is 0 Å². The second-order valence-electron chi connectivity index (χ2n) is 12.2. The number of carbonyl (C=O) groups is 3. The van der Waals surface area contributed by atoms with Crippen molar-refractivity contribution in [3.63, 3.8) is 0 Å². The lowest BCUT2D eigenvalue weighted by atomic mass is 9.82. The molecule has 1 heterocycles. The Kier molecular flexibility index (Phi) is 15.4. The minimum absolute atomic E-state index is 0.0497. The van der Waals surface area contributed by atoms with E-state index in [-0.39, 0.29) is 41.8 Å². The Morgan fingerprint density at radius 3 is 2.24 bits per heavy atom. The first kappa shape index (κ1) is 37.3. The molecule has 0 bridgehead atoms. The summed E-state index contributed by atoms with van der Waals surface area (Å²) >= 11 is 0. The Labute approximate surface area is 251 Å². The van der Waals surface area contributed by atoms with E-state index in [4.69, 9.17) is 15.2 Å². The summed E-state index contributed by atoms with van der Waals surface area (Å²) in [4.78, 5) is 36.7. The van der Waals surface area contributed by atoms with E-state index < -0.39 is 54.4 Å². The van der Waals surface area contributed by atoms with Crippen LogP contribution in [0.5, 0.6) is 0 Å². The summed E-state index contributed by atoms with van der Waals surface area (Å²) in [5.74, 6) is -3.09. The third-order valence-corrected chi connectivity index (χ3v) is 8.39. The zero-order chi connectivity index (χ0) is 32.3. The molecule has 0 spiro atoms. The van der Waals surface area contributed by atoms with E-state index in [1.54, 1.807) is 45.1 Å². The second-order valence-corrected chi connectivity index (χ2v) is 12.2. The lowest BCUT2D eigenvalue weighted by Gasteiger charge is -2.36. The first-order valence-corrected chi connectivity index (χ1v) is 14.9. The second kappa shape index (κ2) is 17.4. The maximum atomic E-state index is 13.2. The van der Waals surface area contributed by atoms with Crippen molar-refractivity contribution in [2.75, 3.05) is 0 Å². The number of Topliss-reactive ketones (excluding diaryl/α,β-unsaturated/α-hetero) is 1. The van der Waals surface area contributed by atoms with Crippen LogP contribution in [0.15, 0.2) is 48.6 Å². The van der Waals surface area contributed by atoms with Crippen molar-refractivity contribution in [2.45, 2.75) is 98.8 Å². The molecule has 0 saturated carbocycles. The van der Waals surface area contributed by atoms with Gasteiger partial charge in [-0.15, -0.1) is 0 Å². The van der Waals surface area contributed by atoms with Gasteiger partial charge in [0.2, 0.25) is 0 Å². The molecule has 0 aromatic heterocycles. The van der Waals surface area contributed by atoms with Crippen molar-refractivity contribution in [1.29, 1.82) is 0 Å². The highest BCUT2D eigenvalue weighted by Crippen LogP contribution is 2.30. The fourth-order valence-electron chi connectivity index (χ4n) is 5.63. The molecular weight excluding hydrogens is 538 g/mol. The zero-order valence-corrected chi connectivity index (χ0v) is 26.5. The summed E-state index contributed by atoms with van der Waals surface area (Å²) < 4.78 is 10.7. The summed E-state index contributed by atoms with van der Waals surface area (Å²) in [7, 11) is 0. The van der Waals surface area contributed by atoms with Crippen LogP contribution in [-0.4, -0.2) is 63.7 Å². The van der Waals surface area contributed by atoms with Crippen molar-refractivity contribution < 1.29 is 39.2 Å². The molecule has 1 amide bonds. The molecule has 0 aromatic rings. The molecule has 9 heteroatoms. The zero-order valence-electron chi connectivity index (χ0n) is 26.5. The van der Waals surface area contributed by atoms with Crippen LogP contribution in [0.4, 0.5) is 4.79 Å². The summed E-state index contributed by atoms with van der Waals surface area (Å²) in [6.07, 6.45) is 6.36. The Hall–Kier alpha value is -2.75. The number of amides is 1. The Morgan fingerprint density at radius 2 is 1.67 bits per heavy atom. The monoisotopic (exact) mass is 591 g/mol. The third kappa shape index (κ3) is 11.2.